The summed E-state index contributed by atoms with van der Waals surface area (Å²) in [6.45, 7) is 1.55. The molecule has 2 rings (SSSR count). The summed E-state index contributed by atoms with van der Waals surface area (Å²) in [5.41, 5.74) is 0.755. The van der Waals surface area contributed by atoms with Gasteiger partial charge in [0.25, 0.3) is 0 Å². The minimum Gasteiger partial charge on any atom is -0.497 e. The molecule has 2 aromatic carbocycles. The van der Waals surface area contributed by atoms with E-state index in [1.165, 1.54) is 26.4 Å². The van der Waals surface area contributed by atoms with E-state index < -0.39 is 12.1 Å². The third kappa shape index (κ3) is 4.10. The maximum absolute atomic E-state index is 12.2. The number of esters is 1. The van der Waals surface area contributed by atoms with Gasteiger partial charge in [0.2, 0.25) is 5.78 Å². The van der Waals surface area contributed by atoms with Gasteiger partial charge in [0.15, 0.2) is 6.10 Å². The standard InChI is InChI=1S/C18H18O5/c1-12(17(19)13-7-5-4-6-8-13)23-18(20)14-9-15(21-2)11-16(10-14)22-3/h4-12H,1-3H3/t12-/m1/s1. The number of ketones is 1. The molecule has 0 fully saturated rings. The van der Waals surface area contributed by atoms with E-state index in [-0.39, 0.29) is 11.3 Å². The average Bonchev–Trinajstić information content (AvgIpc) is 2.61. The van der Waals surface area contributed by atoms with Crippen molar-refractivity contribution in [1.82, 2.24) is 0 Å². The van der Waals surface area contributed by atoms with Crippen molar-refractivity contribution in [2.75, 3.05) is 14.2 Å². The van der Waals surface area contributed by atoms with Gasteiger partial charge in [-0.1, -0.05) is 30.3 Å². The largest absolute Gasteiger partial charge is 0.497 e. The second kappa shape index (κ2) is 7.45. The molecule has 0 aliphatic rings. The van der Waals surface area contributed by atoms with Crippen molar-refractivity contribution in [3.05, 3.63) is 59.7 Å². The van der Waals surface area contributed by atoms with Crippen LogP contribution in [0.4, 0.5) is 0 Å². The maximum atomic E-state index is 12.2. The number of carbonyl (C=O) groups is 2. The fourth-order valence-corrected chi connectivity index (χ4v) is 2.04. The Bertz CT molecular complexity index is 672. The molecular formula is C18H18O5. The van der Waals surface area contributed by atoms with E-state index in [1.807, 2.05) is 6.07 Å². The molecule has 0 radical (unpaired) electrons. The number of hydrogen-bond acceptors (Lipinski definition) is 5. The third-order valence-electron chi connectivity index (χ3n) is 3.30. The molecule has 0 saturated carbocycles. The van der Waals surface area contributed by atoms with Crippen LogP contribution in [0.1, 0.15) is 27.6 Å². The summed E-state index contributed by atoms with van der Waals surface area (Å²) < 4.78 is 15.5. The van der Waals surface area contributed by atoms with Crippen molar-refractivity contribution < 1.29 is 23.8 Å². The quantitative estimate of drug-likeness (QED) is 0.605. The first kappa shape index (κ1) is 16.5. The van der Waals surface area contributed by atoms with E-state index in [4.69, 9.17) is 14.2 Å². The van der Waals surface area contributed by atoms with Crippen LogP contribution in [0.3, 0.4) is 0 Å². The highest BCUT2D eigenvalue weighted by molar-refractivity contribution is 6.01. The summed E-state index contributed by atoms with van der Waals surface area (Å²) in [4.78, 5) is 24.5. The van der Waals surface area contributed by atoms with Gasteiger partial charge in [-0.3, -0.25) is 4.79 Å². The lowest BCUT2D eigenvalue weighted by atomic mass is 10.1. The van der Waals surface area contributed by atoms with Crippen LogP contribution in [0, 0.1) is 0 Å². The highest BCUT2D eigenvalue weighted by atomic mass is 16.5. The zero-order valence-corrected chi connectivity index (χ0v) is 13.2. The molecule has 0 N–H and O–H groups in total. The monoisotopic (exact) mass is 314 g/mol. The minimum absolute atomic E-state index is 0.256. The first-order valence-electron chi connectivity index (χ1n) is 7.08. The molecule has 0 heterocycles. The number of Topliss-reactive ketones (excluding diaryl/α,β-unsaturated/α-hetero) is 1. The molecule has 0 aromatic heterocycles. The van der Waals surface area contributed by atoms with Gasteiger partial charge in [0, 0.05) is 11.6 Å². The number of hydrogen-bond donors (Lipinski definition) is 0. The Labute approximate surface area is 134 Å². The minimum atomic E-state index is -0.887. The van der Waals surface area contributed by atoms with Gasteiger partial charge >= 0.3 is 5.97 Å². The predicted molar refractivity (Wildman–Crippen MR) is 85.2 cm³/mol. The van der Waals surface area contributed by atoms with Crippen LogP contribution in [-0.2, 0) is 4.74 Å². The third-order valence-corrected chi connectivity index (χ3v) is 3.30. The van der Waals surface area contributed by atoms with Crippen molar-refractivity contribution in [2.45, 2.75) is 13.0 Å². The zero-order chi connectivity index (χ0) is 16.8. The Morgan fingerprint density at radius 1 is 0.870 bits per heavy atom. The van der Waals surface area contributed by atoms with Gasteiger partial charge < -0.3 is 14.2 Å². The SMILES string of the molecule is COc1cc(OC)cc(C(=O)O[C@H](C)C(=O)c2ccccc2)c1. The highest BCUT2D eigenvalue weighted by Crippen LogP contribution is 2.23. The molecule has 23 heavy (non-hydrogen) atoms. The highest BCUT2D eigenvalue weighted by Gasteiger charge is 2.21. The Morgan fingerprint density at radius 3 is 1.96 bits per heavy atom. The maximum Gasteiger partial charge on any atom is 0.339 e. The fraction of sp³-hybridized carbons (Fsp3) is 0.222. The van der Waals surface area contributed by atoms with E-state index in [0.717, 1.165) is 0 Å². The molecule has 5 heteroatoms. The molecule has 0 bridgehead atoms. The molecule has 0 spiro atoms. The molecule has 0 saturated heterocycles. The number of ether oxygens (including phenoxy) is 3. The van der Waals surface area contributed by atoms with Gasteiger partial charge in [-0.2, -0.15) is 0 Å². The summed E-state index contributed by atoms with van der Waals surface area (Å²) in [5, 5.41) is 0. The number of rotatable bonds is 6. The topological polar surface area (TPSA) is 61.8 Å². The van der Waals surface area contributed by atoms with Crippen molar-refractivity contribution in [1.29, 1.82) is 0 Å². The first-order chi connectivity index (χ1) is 11.0. The lowest BCUT2D eigenvalue weighted by molar-refractivity contribution is 0.0318. The molecule has 0 aliphatic carbocycles. The molecule has 5 nitrogen and oxygen atoms in total. The van der Waals surface area contributed by atoms with E-state index in [2.05, 4.69) is 0 Å². The lowest BCUT2D eigenvalue weighted by Gasteiger charge is -2.13. The van der Waals surface area contributed by atoms with Gasteiger partial charge in [-0.25, -0.2) is 4.79 Å². The van der Waals surface area contributed by atoms with E-state index in [1.54, 1.807) is 37.3 Å². The second-order valence-corrected chi connectivity index (χ2v) is 4.88. The second-order valence-electron chi connectivity index (χ2n) is 4.88. The van der Waals surface area contributed by atoms with Crippen molar-refractivity contribution >= 4 is 11.8 Å². The Kier molecular flexibility index (Phi) is 5.36. The Balaban J connectivity index is 2.14. The number of carbonyl (C=O) groups excluding carboxylic acids is 2. The van der Waals surface area contributed by atoms with E-state index >= 15 is 0 Å². The molecule has 2 aromatic rings. The van der Waals surface area contributed by atoms with Crippen LogP contribution in [0.15, 0.2) is 48.5 Å². The van der Waals surface area contributed by atoms with Gasteiger partial charge in [0.1, 0.15) is 11.5 Å². The molecule has 1 atom stereocenters. The molecule has 0 unspecified atom stereocenters. The smallest absolute Gasteiger partial charge is 0.339 e. The molecule has 0 amide bonds. The lowest BCUT2D eigenvalue weighted by Crippen LogP contribution is -2.24. The van der Waals surface area contributed by atoms with E-state index in [0.29, 0.717) is 17.1 Å². The van der Waals surface area contributed by atoms with Crippen LogP contribution < -0.4 is 9.47 Å². The summed E-state index contributed by atoms with van der Waals surface area (Å²) in [6, 6.07) is 13.4. The van der Waals surface area contributed by atoms with Crippen LogP contribution in [0.2, 0.25) is 0 Å². The van der Waals surface area contributed by atoms with Crippen LogP contribution in [0.25, 0.3) is 0 Å². The predicted octanol–water partition coefficient (Wildman–Crippen LogP) is 3.13. The van der Waals surface area contributed by atoms with E-state index in [9.17, 15) is 9.59 Å². The number of benzene rings is 2. The first-order valence-corrected chi connectivity index (χ1v) is 7.08. The molecule has 120 valence electrons. The summed E-state index contributed by atoms with van der Waals surface area (Å²) in [5.74, 6) is 0.0736. The van der Waals surface area contributed by atoms with Gasteiger partial charge in [-0.05, 0) is 19.1 Å². The Morgan fingerprint density at radius 2 is 1.43 bits per heavy atom. The molecular weight excluding hydrogens is 296 g/mol. The summed E-state index contributed by atoms with van der Waals surface area (Å²) in [7, 11) is 2.98. The van der Waals surface area contributed by atoms with Crippen LogP contribution in [-0.4, -0.2) is 32.1 Å². The molecule has 0 aliphatic heterocycles. The van der Waals surface area contributed by atoms with Crippen LogP contribution >= 0.6 is 0 Å². The normalized spacial score (nSPS) is 11.4. The van der Waals surface area contributed by atoms with Crippen molar-refractivity contribution in [3.8, 4) is 11.5 Å². The van der Waals surface area contributed by atoms with Gasteiger partial charge in [-0.15, -0.1) is 0 Å². The van der Waals surface area contributed by atoms with Gasteiger partial charge in [0.05, 0.1) is 19.8 Å². The summed E-state index contributed by atoms with van der Waals surface area (Å²) in [6.07, 6.45) is -0.887. The van der Waals surface area contributed by atoms with Crippen molar-refractivity contribution in [3.63, 3.8) is 0 Å². The van der Waals surface area contributed by atoms with Crippen LogP contribution in [0.5, 0.6) is 11.5 Å². The zero-order valence-electron chi connectivity index (χ0n) is 13.2. The summed E-state index contributed by atoms with van der Waals surface area (Å²) >= 11 is 0. The van der Waals surface area contributed by atoms with Crippen molar-refractivity contribution in [2.24, 2.45) is 0 Å². The Hall–Kier alpha value is -2.82. The average molecular weight is 314 g/mol. The fourth-order valence-electron chi connectivity index (χ4n) is 2.04. The number of methoxy groups -OCH3 is 2.